The lowest BCUT2D eigenvalue weighted by Crippen LogP contribution is -2.19. The van der Waals surface area contributed by atoms with E-state index in [0.717, 1.165) is 12.0 Å². The molecule has 2 aromatic rings. The van der Waals surface area contributed by atoms with E-state index in [9.17, 15) is 14.7 Å². The monoisotopic (exact) mass is 420 g/mol. The molecule has 0 saturated heterocycles. The number of carbonyl (C=O) groups is 2. The van der Waals surface area contributed by atoms with Gasteiger partial charge in [0.1, 0.15) is 6.61 Å². The summed E-state index contributed by atoms with van der Waals surface area (Å²) in [4.78, 5) is 30.0. The molecule has 6 nitrogen and oxygen atoms in total. The highest BCUT2D eigenvalue weighted by Gasteiger charge is 2.28. The minimum atomic E-state index is -0.185. The number of aliphatic hydroxyl groups excluding tert-OH is 1. The number of oxime groups is 1. The molecule has 1 unspecified atom stereocenters. The minimum Gasteiger partial charge on any atom is -0.512 e. The van der Waals surface area contributed by atoms with Gasteiger partial charge in [0.2, 0.25) is 0 Å². The van der Waals surface area contributed by atoms with Crippen molar-refractivity contribution in [3.63, 3.8) is 0 Å². The lowest BCUT2D eigenvalue weighted by molar-refractivity contribution is -0.116. The summed E-state index contributed by atoms with van der Waals surface area (Å²) in [6, 6.07) is 16.5. The molecule has 1 amide bonds. The summed E-state index contributed by atoms with van der Waals surface area (Å²) in [5.41, 5.74) is 2.70. The summed E-state index contributed by atoms with van der Waals surface area (Å²) in [5, 5.41) is 17.2. The number of anilines is 1. The van der Waals surface area contributed by atoms with Crippen molar-refractivity contribution >= 4 is 23.6 Å². The topological polar surface area (TPSA) is 88.0 Å². The van der Waals surface area contributed by atoms with E-state index in [4.69, 9.17) is 4.84 Å². The van der Waals surface area contributed by atoms with Crippen molar-refractivity contribution in [1.29, 1.82) is 0 Å². The fraction of sp³-hybridized carbons (Fsp3) is 0.320. The third-order valence-corrected chi connectivity index (χ3v) is 5.25. The SMILES string of the molecule is CCON=CCCCC1=C(O)CC(c2cccc(NC(=O)c3ccccc3)c2)CC1=O. The number of aliphatic hydroxyl groups is 1. The quantitative estimate of drug-likeness (QED) is 0.323. The number of nitrogens with one attached hydrogen (secondary N) is 1. The van der Waals surface area contributed by atoms with Crippen molar-refractivity contribution in [3.8, 4) is 0 Å². The number of amides is 1. The summed E-state index contributed by atoms with van der Waals surface area (Å²) >= 11 is 0. The smallest absolute Gasteiger partial charge is 0.255 e. The van der Waals surface area contributed by atoms with Gasteiger partial charge in [-0.1, -0.05) is 35.5 Å². The van der Waals surface area contributed by atoms with Crippen molar-refractivity contribution in [1.82, 2.24) is 0 Å². The van der Waals surface area contributed by atoms with Gasteiger partial charge in [0.05, 0.1) is 5.76 Å². The zero-order valence-corrected chi connectivity index (χ0v) is 17.7. The Morgan fingerprint density at radius 2 is 2.00 bits per heavy atom. The van der Waals surface area contributed by atoms with Crippen LogP contribution in [0.3, 0.4) is 0 Å². The number of allylic oxidation sites excluding steroid dienone is 2. The molecule has 0 heterocycles. The van der Waals surface area contributed by atoms with E-state index in [1.165, 1.54) is 0 Å². The molecule has 31 heavy (non-hydrogen) atoms. The third-order valence-electron chi connectivity index (χ3n) is 5.25. The Morgan fingerprint density at radius 1 is 1.19 bits per heavy atom. The molecule has 6 heteroatoms. The molecule has 0 radical (unpaired) electrons. The molecule has 3 rings (SSSR count). The van der Waals surface area contributed by atoms with Crippen molar-refractivity contribution < 1.29 is 19.5 Å². The van der Waals surface area contributed by atoms with Gasteiger partial charge < -0.3 is 15.3 Å². The van der Waals surface area contributed by atoms with E-state index < -0.39 is 0 Å². The summed E-state index contributed by atoms with van der Waals surface area (Å²) in [6.07, 6.45) is 4.41. The number of hydrogen-bond acceptors (Lipinski definition) is 5. The lowest BCUT2D eigenvalue weighted by Gasteiger charge is -2.24. The standard InChI is InChI=1S/C25H28N2O4/c1-2-31-26-14-7-6-13-22-23(28)16-20(17-24(22)29)19-11-8-12-21(15-19)27-25(30)18-9-4-3-5-10-18/h3-5,8-12,14-15,20,28H,2,6-7,13,16-17H2,1H3,(H,27,30). The largest absolute Gasteiger partial charge is 0.512 e. The predicted molar refractivity (Wildman–Crippen MR) is 121 cm³/mol. The second-order valence-electron chi connectivity index (χ2n) is 7.50. The first-order chi connectivity index (χ1) is 15.1. The number of hydrogen-bond donors (Lipinski definition) is 2. The van der Waals surface area contributed by atoms with E-state index in [2.05, 4.69) is 10.5 Å². The van der Waals surface area contributed by atoms with Crippen LogP contribution in [0.15, 0.2) is 71.1 Å². The number of Topliss-reactive ketones (excluding diaryl/α,β-unsaturated/α-hetero) is 1. The van der Waals surface area contributed by atoms with Crippen LogP contribution < -0.4 is 5.32 Å². The molecular weight excluding hydrogens is 392 g/mol. The zero-order valence-electron chi connectivity index (χ0n) is 17.7. The van der Waals surface area contributed by atoms with E-state index in [1.807, 2.05) is 49.4 Å². The molecule has 0 spiro atoms. The first kappa shape index (κ1) is 22.3. The highest BCUT2D eigenvalue weighted by molar-refractivity contribution is 6.04. The van der Waals surface area contributed by atoms with Gasteiger partial charge in [-0.25, -0.2) is 0 Å². The van der Waals surface area contributed by atoms with E-state index >= 15 is 0 Å². The van der Waals surface area contributed by atoms with Gasteiger partial charge in [0, 0.05) is 35.9 Å². The van der Waals surface area contributed by atoms with E-state index in [1.54, 1.807) is 18.3 Å². The molecule has 1 aliphatic carbocycles. The van der Waals surface area contributed by atoms with Gasteiger partial charge in [-0.2, -0.15) is 0 Å². The van der Waals surface area contributed by atoms with Gasteiger partial charge in [-0.3, -0.25) is 9.59 Å². The second-order valence-corrected chi connectivity index (χ2v) is 7.50. The number of carbonyl (C=O) groups excluding carboxylic acids is 2. The Kier molecular flexibility index (Phi) is 7.98. The number of nitrogens with zero attached hydrogens (tertiary/aromatic N) is 1. The molecular formula is C25H28N2O4. The molecule has 2 aromatic carbocycles. The molecule has 0 bridgehead atoms. The number of unbranched alkanes of at least 4 members (excludes halogenated alkanes) is 1. The van der Waals surface area contributed by atoms with Crippen molar-refractivity contribution in [2.45, 2.75) is 44.9 Å². The summed E-state index contributed by atoms with van der Waals surface area (Å²) in [6.45, 7) is 2.39. The Morgan fingerprint density at radius 3 is 2.74 bits per heavy atom. The first-order valence-electron chi connectivity index (χ1n) is 10.6. The maximum atomic E-state index is 12.7. The normalized spacial score (nSPS) is 16.5. The Hall–Kier alpha value is -3.41. The first-order valence-corrected chi connectivity index (χ1v) is 10.6. The average molecular weight is 421 g/mol. The van der Waals surface area contributed by atoms with Crippen LogP contribution >= 0.6 is 0 Å². The van der Waals surface area contributed by atoms with Crippen LogP contribution in [0.5, 0.6) is 0 Å². The fourth-order valence-electron chi connectivity index (χ4n) is 3.67. The van der Waals surface area contributed by atoms with Crippen LogP contribution in [0.1, 0.15) is 60.9 Å². The van der Waals surface area contributed by atoms with Crippen LogP contribution in [-0.2, 0) is 9.63 Å². The Labute approximate surface area is 182 Å². The summed E-state index contributed by atoms with van der Waals surface area (Å²) < 4.78 is 0. The fourth-order valence-corrected chi connectivity index (χ4v) is 3.67. The van der Waals surface area contributed by atoms with Crippen LogP contribution in [0.4, 0.5) is 5.69 Å². The van der Waals surface area contributed by atoms with Crippen LogP contribution in [0.2, 0.25) is 0 Å². The molecule has 2 N–H and O–H groups in total. The molecule has 0 saturated carbocycles. The van der Waals surface area contributed by atoms with Crippen molar-refractivity contribution in [2.75, 3.05) is 11.9 Å². The molecule has 1 aliphatic rings. The number of ketones is 1. The second kappa shape index (κ2) is 11.1. The molecule has 0 aliphatic heterocycles. The molecule has 1 atom stereocenters. The maximum absolute atomic E-state index is 12.7. The van der Waals surface area contributed by atoms with Gasteiger partial charge >= 0.3 is 0 Å². The van der Waals surface area contributed by atoms with Gasteiger partial charge in [0.25, 0.3) is 5.91 Å². The van der Waals surface area contributed by atoms with Gasteiger partial charge in [-0.15, -0.1) is 0 Å². The molecule has 0 aromatic heterocycles. The van der Waals surface area contributed by atoms with Gasteiger partial charge in [0.15, 0.2) is 5.78 Å². The number of benzene rings is 2. The highest BCUT2D eigenvalue weighted by Crippen LogP contribution is 2.36. The lowest BCUT2D eigenvalue weighted by atomic mass is 9.81. The third kappa shape index (κ3) is 6.28. The summed E-state index contributed by atoms with van der Waals surface area (Å²) in [5.74, 6) is -0.143. The van der Waals surface area contributed by atoms with E-state index in [-0.39, 0.29) is 23.4 Å². The Bertz CT molecular complexity index is 966. The Balaban J connectivity index is 1.62. The van der Waals surface area contributed by atoms with Crippen molar-refractivity contribution in [3.05, 3.63) is 77.1 Å². The van der Waals surface area contributed by atoms with Crippen LogP contribution in [0.25, 0.3) is 0 Å². The highest BCUT2D eigenvalue weighted by atomic mass is 16.6. The van der Waals surface area contributed by atoms with E-state index in [0.29, 0.717) is 49.1 Å². The summed E-state index contributed by atoms with van der Waals surface area (Å²) in [7, 11) is 0. The average Bonchev–Trinajstić information content (AvgIpc) is 2.78. The molecule has 162 valence electrons. The van der Waals surface area contributed by atoms with Crippen LogP contribution in [-0.4, -0.2) is 29.6 Å². The number of rotatable bonds is 9. The van der Waals surface area contributed by atoms with Crippen molar-refractivity contribution in [2.24, 2.45) is 5.16 Å². The predicted octanol–water partition coefficient (Wildman–Crippen LogP) is 5.39. The maximum Gasteiger partial charge on any atom is 0.255 e. The molecule has 0 fully saturated rings. The van der Waals surface area contributed by atoms with Crippen LogP contribution in [0, 0.1) is 0 Å². The minimum absolute atomic E-state index is 0.0192. The van der Waals surface area contributed by atoms with Gasteiger partial charge in [-0.05, 0) is 61.9 Å². The zero-order chi connectivity index (χ0) is 22.1.